The minimum absolute atomic E-state index is 0.261. The Balaban J connectivity index is 2.68. The predicted octanol–water partition coefficient (Wildman–Crippen LogP) is -2.15. The van der Waals surface area contributed by atoms with E-state index in [1.165, 1.54) is 13.8 Å². The van der Waals surface area contributed by atoms with Gasteiger partial charge in [0.05, 0.1) is 18.8 Å². The summed E-state index contributed by atoms with van der Waals surface area (Å²) < 4.78 is 10.5. The van der Waals surface area contributed by atoms with Gasteiger partial charge in [0.2, 0.25) is 5.91 Å². The van der Waals surface area contributed by atoms with Crippen molar-refractivity contribution in [1.29, 1.82) is 0 Å². The van der Waals surface area contributed by atoms with Gasteiger partial charge >= 0.3 is 0 Å². The lowest BCUT2D eigenvalue weighted by Crippen LogP contribution is -2.58. The van der Waals surface area contributed by atoms with E-state index in [2.05, 4.69) is 5.32 Å². The van der Waals surface area contributed by atoms with E-state index in [1.54, 1.807) is 0 Å². The summed E-state index contributed by atoms with van der Waals surface area (Å²) in [5.41, 5.74) is -0.261. The molecule has 1 amide bonds. The van der Waals surface area contributed by atoms with E-state index in [-0.39, 0.29) is 11.3 Å². The van der Waals surface area contributed by atoms with Crippen molar-refractivity contribution >= 4 is 5.91 Å². The Morgan fingerprint density at radius 2 is 1.64 bits per heavy atom. The maximum absolute atomic E-state index is 11.4. The van der Waals surface area contributed by atoms with Gasteiger partial charge in [-0.3, -0.25) is 4.79 Å². The summed E-state index contributed by atoms with van der Waals surface area (Å²) in [5.74, 6) is -0.383. The number of hydrogen-bond acceptors (Lipinski definition) is 9. The molecule has 0 aliphatic carbocycles. The summed E-state index contributed by atoms with van der Waals surface area (Å²) >= 11 is 0. The smallest absolute Gasteiger partial charge is 0.217 e. The molecule has 28 heavy (non-hydrogen) atoms. The molecule has 0 radical (unpaired) electrons. The minimum Gasteiger partial charge on any atom is -0.388 e. The van der Waals surface area contributed by atoms with Gasteiger partial charge in [0, 0.05) is 6.92 Å². The molecule has 0 saturated carbocycles. The number of aliphatic hydroxyl groups is 6. The number of aliphatic hydroxyl groups excluding tert-OH is 6. The maximum Gasteiger partial charge on any atom is 0.217 e. The Morgan fingerprint density at radius 1 is 1.07 bits per heavy atom. The third-order valence-corrected chi connectivity index (χ3v) is 4.62. The SMILES string of the molecule is CC(=O)NC(CC(C)(C)C)C(O)C(O)C(O)COC1OC(C)C(O)C(O)C1O. The molecule has 0 aromatic heterocycles. The molecule has 9 unspecified atom stereocenters. The van der Waals surface area contributed by atoms with Crippen LogP contribution in [0.15, 0.2) is 0 Å². The first-order valence-electron chi connectivity index (χ1n) is 9.37. The molecule has 0 aromatic rings. The van der Waals surface area contributed by atoms with Gasteiger partial charge < -0.3 is 45.4 Å². The van der Waals surface area contributed by atoms with Crippen molar-refractivity contribution in [3.05, 3.63) is 0 Å². The average Bonchev–Trinajstić information content (AvgIpc) is 2.58. The Bertz CT molecular complexity index is 498. The zero-order valence-electron chi connectivity index (χ0n) is 17.0. The highest BCUT2D eigenvalue weighted by Crippen LogP contribution is 2.25. The topological polar surface area (TPSA) is 169 Å². The fourth-order valence-electron chi connectivity index (χ4n) is 3.09. The normalized spacial score (nSPS) is 33.0. The van der Waals surface area contributed by atoms with Gasteiger partial charge in [-0.2, -0.15) is 0 Å². The maximum atomic E-state index is 11.4. The van der Waals surface area contributed by atoms with Gasteiger partial charge in [-0.15, -0.1) is 0 Å². The van der Waals surface area contributed by atoms with Gasteiger partial charge in [0.1, 0.15) is 36.6 Å². The highest BCUT2D eigenvalue weighted by molar-refractivity contribution is 5.73. The first kappa shape index (κ1) is 25.2. The quantitative estimate of drug-likeness (QED) is 0.236. The lowest BCUT2D eigenvalue weighted by molar-refractivity contribution is -0.299. The highest BCUT2D eigenvalue weighted by Gasteiger charge is 2.43. The molecule has 0 aromatic carbocycles. The van der Waals surface area contributed by atoms with E-state index >= 15 is 0 Å². The second-order valence-electron chi connectivity index (χ2n) is 8.64. The molecule has 1 aliphatic heterocycles. The second-order valence-corrected chi connectivity index (χ2v) is 8.64. The monoisotopic (exact) mass is 409 g/mol. The molecule has 10 heteroatoms. The lowest BCUT2D eigenvalue weighted by Gasteiger charge is -2.39. The first-order chi connectivity index (χ1) is 12.7. The fraction of sp³-hybridized carbons (Fsp3) is 0.944. The van der Waals surface area contributed by atoms with Crippen LogP contribution in [0.25, 0.3) is 0 Å². The predicted molar refractivity (Wildman–Crippen MR) is 98.0 cm³/mol. The number of nitrogens with one attached hydrogen (secondary N) is 1. The first-order valence-corrected chi connectivity index (χ1v) is 9.37. The summed E-state index contributed by atoms with van der Waals surface area (Å²) in [4.78, 5) is 11.4. The van der Waals surface area contributed by atoms with E-state index in [1.807, 2.05) is 20.8 Å². The van der Waals surface area contributed by atoms with Crippen LogP contribution >= 0.6 is 0 Å². The van der Waals surface area contributed by atoms with Crippen molar-refractivity contribution in [2.45, 2.75) is 96.1 Å². The van der Waals surface area contributed by atoms with Crippen molar-refractivity contribution in [1.82, 2.24) is 5.32 Å². The van der Waals surface area contributed by atoms with E-state index < -0.39 is 61.7 Å². The van der Waals surface area contributed by atoms with Crippen LogP contribution in [0.3, 0.4) is 0 Å². The Labute approximate surface area is 165 Å². The number of ether oxygens (including phenoxy) is 2. The van der Waals surface area contributed by atoms with Gasteiger partial charge in [-0.25, -0.2) is 0 Å². The zero-order valence-corrected chi connectivity index (χ0v) is 17.0. The third kappa shape index (κ3) is 7.20. The molecular weight excluding hydrogens is 374 g/mol. The summed E-state index contributed by atoms with van der Waals surface area (Å²) in [6, 6.07) is -0.796. The molecule has 0 bridgehead atoms. The summed E-state index contributed by atoms with van der Waals surface area (Å²) in [6.45, 7) is 7.97. The molecule has 7 N–H and O–H groups in total. The third-order valence-electron chi connectivity index (χ3n) is 4.62. The van der Waals surface area contributed by atoms with Crippen molar-refractivity contribution in [3.8, 4) is 0 Å². The minimum atomic E-state index is -1.65. The van der Waals surface area contributed by atoms with Crippen LogP contribution in [0.1, 0.15) is 41.0 Å². The zero-order chi connectivity index (χ0) is 21.8. The van der Waals surface area contributed by atoms with E-state index in [4.69, 9.17) is 9.47 Å². The number of carbonyl (C=O) groups excluding carboxylic acids is 1. The van der Waals surface area contributed by atoms with E-state index in [0.717, 1.165) is 0 Å². The second kappa shape index (κ2) is 10.3. The standard InChI is InChI=1S/C18H35NO9/c1-8-12(22)15(25)16(26)17(28-8)27-7-11(21)14(24)13(23)10(19-9(2)20)6-18(3,4)5/h8,10-17,21-26H,6-7H2,1-5H3,(H,19,20). The molecule has 0 spiro atoms. The van der Waals surface area contributed by atoms with Crippen molar-refractivity contribution in [3.63, 3.8) is 0 Å². The number of amides is 1. The average molecular weight is 409 g/mol. The molecular formula is C18H35NO9. The number of rotatable bonds is 8. The fourth-order valence-corrected chi connectivity index (χ4v) is 3.09. The van der Waals surface area contributed by atoms with Crippen LogP contribution < -0.4 is 5.32 Å². The molecule has 1 fully saturated rings. The summed E-state index contributed by atoms with van der Waals surface area (Å²) in [5, 5.41) is 62.8. The Kier molecular flexibility index (Phi) is 9.23. The Hall–Kier alpha value is -0.850. The molecule has 10 nitrogen and oxygen atoms in total. The number of carbonyl (C=O) groups is 1. The Morgan fingerprint density at radius 3 is 2.14 bits per heavy atom. The molecule has 1 rings (SSSR count). The van der Waals surface area contributed by atoms with Gasteiger partial charge in [-0.05, 0) is 18.8 Å². The van der Waals surface area contributed by atoms with Crippen molar-refractivity contribution in [2.75, 3.05) is 6.61 Å². The van der Waals surface area contributed by atoms with Crippen molar-refractivity contribution < 1.29 is 44.9 Å². The molecule has 1 saturated heterocycles. The summed E-state index contributed by atoms with van der Waals surface area (Å²) in [7, 11) is 0. The van der Waals surface area contributed by atoms with Gasteiger partial charge in [-0.1, -0.05) is 20.8 Å². The van der Waals surface area contributed by atoms with Crippen LogP contribution in [0.2, 0.25) is 0 Å². The molecule has 9 atom stereocenters. The van der Waals surface area contributed by atoms with Crippen LogP contribution in [-0.4, -0.2) is 98.2 Å². The molecule has 1 aliphatic rings. The summed E-state index contributed by atoms with van der Waals surface area (Å²) in [6.07, 6.45) is -10.8. The van der Waals surface area contributed by atoms with Gasteiger partial charge in [0.25, 0.3) is 0 Å². The largest absolute Gasteiger partial charge is 0.388 e. The lowest BCUT2D eigenvalue weighted by atomic mass is 9.84. The number of hydrogen-bond donors (Lipinski definition) is 7. The van der Waals surface area contributed by atoms with Crippen LogP contribution in [0.4, 0.5) is 0 Å². The molecule has 166 valence electrons. The van der Waals surface area contributed by atoms with E-state index in [9.17, 15) is 35.4 Å². The van der Waals surface area contributed by atoms with Crippen molar-refractivity contribution in [2.24, 2.45) is 5.41 Å². The highest BCUT2D eigenvalue weighted by atomic mass is 16.7. The van der Waals surface area contributed by atoms with Gasteiger partial charge in [0.15, 0.2) is 6.29 Å². The molecule has 1 heterocycles. The van der Waals surface area contributed by atoms with E-state index in [0.29, 0.717) is 6.42 Å². The van der Waals surface area contributed by atoms with Crippen LogP contribution in [0, 0.1) is 5.41 Å². The van der Waals surface area contributed by atoms with Crippen LogP contribution in [0.5, 0.6) is 0 Å². The van der Waals surface area contributed by atoms with Crippen LogP contribution in [-0.2, 0) is 14.3 Å².